The minimum absolute atomic E-state index is 0.0492. The lowest BCUT2D eigenvalue weighted by Gasteiger charge is -2.21. The first-order valence-corrected chi connectivity index (χ1v) is 21.8. The number of phenols is 1. The van der Waals surface area contributed by atoms with Crippen LogP contribution in [0, 0.1) is 0 Å². The Labute approximate surface area is 391 Å². The van der Waals surface area contributed by atoms with E-state index in [2.05, 4.69) is 10.6 Å². The topological polar surface area (TPSA) is 170 Å². The van der Waals surface area contributed by atoms with Gasteiger partial charge < -0.3 is 45.3 Å². The fourth-order valence-corrected chi connectivity index (χ4v) is 7.11. The van der Waals surface area contributed by atoms with Gasteiger partial charge in [0.05, 0.1) is 24.5 Å². The molecule has 0 aliphatic heterocycles. The van der Waals surface area contributed by atoms with Gasteiger partial charge in [0.1, 0.15) is 23.0 Å². The van der Waals surface area contributed by atoms with E-state index >= 15 is 0 Å². The van der Waals surface area contributed by atoms with Gasteiger partial charge in [-0.25, -0.2) is 9.69 Å². The Hall–Kier alpha value is -6.82. The van der Waals surface area contributed by atoms with Crippen molar-refractivity contribution in [1.29, 1.82) is 0 Å². The number of halogens is 4. The average Bonchev–Trinajstić information content (AvgIpc) is 3.35. The van der Waals surface area contributed by atoms with E-state index in [1.54, 1.807) is 84.9 Å². The quantitative estimate of drug-likeness (QED) is 0.0196. The maximum Gasteiger partial charge on any atom is 0.426 e. The maximum atomic E-state index is 14.5. The number of carbonyl (C=O) groups excluding carboxylic acids is 2. The predicted octanol–water partition coefficient (Wildman–Crippen LogP) is 8.51. The zero-order valence-corrected chi connectivity index (χ0v) is 37.1. The molecule has 6 N–H and O–H groups in total. The lowest BCUT2D eigenvalue weighted by atomic mass is 10.0. The second kappa shape index (κ2) is 23.8. The Morgan fingerprint density at radius 1 is 0.706 bits per heavy atom. The van der Waals surface area contributed by atoms with Crippen LogP contribution in [-0.4, -0.2) is 71.8 Å². The van der Waals surface area contributed by atoms with Crippen LogP contribution in [-0.2, 0) is 36.1 Å². The highest BCUT2D eigenvalue weighted by Gasteiger charge is 2.33. The van der Waals surface area contributed by atoms with Gasteiger partial charge in [0.25, 0.3) is 0 Å². The summed E-state index contributed by atoms with van der Waals surface area (Å²) in [6.07, 6.45) is -2.16. The van der Waals surface area contributed by atoms with E-state index in [4.69, 9.17) is 14.2 Å². The average molecular weight is 940 g/mol. The minimum Gasteiger partial charge on any atom is -0.506 e. The zero-order chi connectivity index (χ0) is 48.7. The number of hydrogen-bond donors (Lipinski definition) is 6. The first-order chi connectivity index (χ1) is 32.6. The molecule has 3 atom stereocenters. The Kier molecular flexibility index (Phi) is 17.7. The van der Waals surface area contributed by atoms with Crippen LogP contribution < -0.4 is 29.7 Å². The molecule has 0 aromatic heterocycles. The zero-order valence-electron chi connectivity index (χ0n) is 37.1. The molecule has 0 aliphatic carbocycles. The number of nitrogens with zero attached hydrogens (tertiary/aromatic N) is 1. The smallest absolute Gasteiger partial charge is 0.426 e. The molecule has 6 rings (SSSR count). The maximum absolute atomic E-state index is 14.5. The number of alkyl halides is 4. The van der Waals surface area contributed by atoms with Crippen LogP contribution >= 0.6 is 0 Å². The Morgan fingerprint density at radius 3 is 1.79 bits per heavy atom. The summed E-state index contributed by atoms with van der Waals surface area (Å²) in [6, 6.07) is 36.5. The fraction of sp³-hybridized carbons (Fsp3) is 0.269. The van der Waals surface area contributed by atoms with Crippen molar-refractivity contribution in [3.8, 4) is 23.0 Å². The summed E-state index contributed by atoms with van der Waals surface area (Å²) in [4.78, 5) is 26.1. The Morgan fingerprint density at radius 2 is 1.24 bits per heavy atom. The number of benzene rings is 6. The largest absolute Gasteiger partial charge is 0.506 e. The van der Waals surface area contributed by atoms with Gasteiger partial charge in [-0.1, -0.05) is 97.1 Å². The van der Waals surface area contributed by atoms with Crippen molar-refractivity contribution < 1.29 is 61.8 Å². The molecule has 0 saturated heterocycles. The summed E-state index contributed by atoms with van der Waals surface area (Å²) >= 11 is 0. The van der Waals surface area contributed by atoms with Crippen molar-refractivity contribution in [3.63, 3.8) is 0 Å². The second-order valence-electron chi connectivity index (χ2n) is 16.1. The number of nitrogens with one attached hydrogen (secondary N) is 2. The molecule has 68 heavy (non-hydrogen) atoms. The summed E-state index contributed by atoms with van der Waals surface area (Å²) in [5.41, 5.74) is 2.06. The lowest BCUT2D eigenvalue weighted by molar-refractivity contribution is -0.107. The highest BCUT2D eigenvalue weighted by molar-refractivity contribution is 6.05. The summed E-state index contributed by atoms with van der Waals surface area (Å²) < 4.78 is 74.2. The highest BCUT2D eigenvalue weighted by atomic mass is 19.3. The number of carbonyl (C=O) groups is 2. The molecule has 0 radical (unpaired) electrons. The third kappa shape index (κ3) is 14.1. The first-order valence-electron chi connectivity index (χ1n) is 21.8. The van der Waals surface area contributed by atoms with Crippen molar-refractivity contribution >= 4 is 18.2 Å². The lowest BCUT2D eigenvalue weighted by Crippen LogP contribution is -2.33. The summed E-state index contributed by atoms with van der Waals surface area (Å²) in [7, 11) is 0. The molecular weight excluding hydrogens is 887 g/mol. The molecule has 0 fully saturated rings. The van der Waals surface area contributed by atoms with Crippen LogP contribution in [0.2, 0.25) is 0 Å². The number of hydrogen-bond acceptors (Lipinski definition) is 11. The third-order valence-electron chi connectivity index (χ3n) is 11.0. The van der Waals surface area contributed by atoms with Crippen molar-refractivity contribution in [2.75, 3.05) is 37.7 Å². The monoisotopic (exact) mass is 939 g/mol. The van der Waals surface area contributed by atoms with E-state index in [9.17, 15) is 47.6 Å². The van der Waals surface area contributed by atoms with Gasteiger partial charge in [0.2, 0.25) is 6.41 Å². The number of imide groups is 1. The van der Waals surface area contributed by atoms with Crippen molar-refractivity contribution in [2.24, 2.45) is 0 Å². The molecule has 16 heteroatoms. The van der Waals surface area contributed by atoms with E-state index in [1.165, 1.54) is 60.7 Å². The van der Waals surface area contributed by atoms with Crippen LogP contribution in [0.1, 0.15) is 58.1 Å². The second-order valence-corrected chi connectivity index (χ2v) is 16.1. The molecule has 0 saturated carbocycles. The Balaban J connectivity index is 0.951. The van der Waals surface area contributed by atoms with Crippen LogP contribution in [0.5, 0.6) is 23.0 Å². The number of ether oxygens (including phenoxy) is 3. The molecule has 0 spiro atoms. The van der Waals surface area contributed by atoms with E-state index in [0.717, 1.165) is 11.1 Å². The first kappa shape index (κ1) is 50.6. The van der Waals surface area contributed by atoms with Gasteiger partial charge >= 0.3 is 17.9 Å². The molecule has 0 aliphatic rings. The Bertz CT molecular complexity index is 2540. The predicted molar refractivity (Wildman–Crippen MR) is 247 cm³/mol. The van der Waals surface area contributed by atoms with Gasteiger partial charge in [0, 0.05) is 35.8 Å². The molecule has 0 heterocycles. The normalized spacial score (nSPS) is 13.0. The van der Waals surface area contributed by atoms with Crippen LogP contribution in [0.15, 0.2) is 146 Å². The molecular formula is C52H53F4N3O9. The highest BCUT2D eigenvalue weighted by Crippen LogP contribution is 2.33. The van der Waals surface area contributed by atoms with Crippen molar-refractivity contribution in [1.82, 2.24) is 10.6 Å². The van der Waals surface area contributed by atoms with Crippen LogP contribution in [0.25, 0.3) is 0 Å². The molecule has 6 aromatic carbocycles. The summed E-state index contributed by atoms with van der Waals surface area (Å²) in [5, 5.41) is 49.0. The third-order valence-corrected chi connectivity index (χ3v) is 11.0. The van der Waals surface area contributed by atoms with Gasteiger partial charge in [-0.05, 0) is 97.1 Å². The van der Waals surface area contributed by atoms with E-state index in [1.807, 2.05) is 6.92 Å². The number of phenolic OH excluding ortho intramolecular Hbond substituents is 1. The standard InChI is InChI=1S/C52H53F4N3O9/c1-35(26-37-14-20-44(21-15-37)67-33-52(55,56)42-10-6-3-7-11-42)58-30-48(64)39-16-22-46(62)45(28-39)59(34-61)50(65)68-49-23-17-38(27-40(49)31-60)47(63)29-57-25-24-36-12-18-43(19-13-36)66-32-51(53,54)41-8-4-2-5-9-41/h2-23,27-28,34-35,47-48,57-58,60,62-64H,24-26,29-33H2,1H3. The molecule has 12 nitrogen and oxygen atoms in total. The number of amides is 2. The summed E-state index contributed by atoms with van der Waals surface area (Å²) in [6.45, 7) is 0.334. The van der Waals surface area contributed by atoms with Gasteiger partial charge in [-0.2, -0.15) is 17.6 Å². The molecule has 0 bridgehead atoms. The van der Waals surface area contributed by atoms with Crippen LogP contribution in [0.4, 0.5) is 28.0 Å². The number of aromatic hydroxyl groups is 1. The SMILES string of the molecule is CC(Cc1ccc(OCC(F)(F)c2ccccc2)cc1)NCC(O)c1ccc(O)c(N(C=O)C(=O)Oc2ccc(C(O)CNCCc3ccc(OCC(F)(F)c4ccccc4)cc3)cc2CO)c1. The number of aliphatic hydroxyl groups excluding tert-OH is 3. The summed E-state index contributed by atoms with van der Waals surface area (Å²) in [5.74, 6) is -6.27. The van der Waals surface area contributed by atoms with Crippen molar-refractivity contribution in [3.05, 3.63) is 185 Å². The van der Waals surface area contributed by atoms with Gasteiger partial charge in [-0.15, -0.1) is 0 Å². The van der Waals surface area contributed by atoms with E-state index in [0.29, 0.717) is 41.3 Å². The van der Waals surface area contributed by atoms with Crippen molar-refractivity contribution in [2.45, 2.75) is 56.5 Å². The number of anilines is 1. The molecule has 2 amide bonds. The van der Waals surface area contributed by atoms with E-state index in [-0.39, 0.29) is 59.2 Å². The fourth-order valence-electron chi connectivity index (χ4n) is 7.11. The van der Waals surface area contributed by atoms with E-state index < -0.39 is 55.7 Å². The number of rotatable bonds is 24. The van der Waals surface area contributed by atoms with Gasteiger partial charge in [0.15, 0.2) is 13.2 Å². The number of aliphatic hydroxyl groups is 3. The van der Waals surface area contributed by atoms with Gasteiger partial charge in [-0.3, -0.25) is 4.79 Å². The minimum atomic E-state index is -3.16. The molecule has 358 valence electrons. The molecule has 3 unspecified atom stereocenters. The van der Waals surface area contributed by atoms with Crippen LogP contribution in [0.3, 0.4) is 0 Å². The molecule has 6 aromatic rings.